The molecule has 0 aliphatic carbocycles. The van der Waals surface area contributed by atoms with E-state index in [1.807, 2.05) is 37.6 Å². The van der Waals surface area contributed by atoms with Gasteiger partial charge in [0.2, 0.25) is 5.91 Å². The van der Waals surface area contributed by atoms with Crippen LogP contribution in [0.1, 0.15) is 33.6 Å². The molecule has 1 atom stereocenters. The summed E-state index contributed by atoms with van der Waals surface area (Å²) in [5.41, 5.74) is 0. The molecule has 0 saturated carbocycles. The number of amides is 3. The number of rotatable bonds is 6. The minimum atomic E-state index is 0. The molecule has 22 heavy (non-hydrogen) atoms. The van der Waals surface area contributed by atoms with E-state index < -0.39 is 0 Å². The monoisotopic (exact) mass is 334 g/mol. The first-order valence-electron chi connectivity index (χ1n) is 8.02. The van der Waals surface area contributed by atoms with Crippen molar-refractivity contribution < 1.29 is 9.59 Å². The Balaban J connectivity index is 0.00000441. The van der Waals surface area contributed by atoms with Gasteiger partial charge in [0, 0.05) is 44.7 Å². The predicted octanol–water partition coefficient (Wildman–Crippen LogP) is 1.31. The summed E-state index contributed by atoms with van der Waals surface area (Å²) in [6.45, 7) is 9.48. The zero-order valence-corrected chi connectivity index (χ0v) is 15.0. The molecule has 1 saturated heterocycles. The number of nitrogens with zero attached hydrogens (tertiary/aromatic N) is 2. The minimum absolute atomic E-state index is 0. The quantitative estimate of drug-likeness (QED) is 0.769. The lowest BCUT2D eigenvalue weighted by Crippen LogP contribution is -2.49. The van der Waals surface area contributed by atoms with Gasteiger partial charge in [-0.1, -0.05) is 0 Å². The molecule has 1 heterocycles. The van der Waals surface area contributed by atoms with Gasteiger partial charge in [-0.15, -0.1) is 12.4 Å². The van der Waals surface area contributed by atoms with Gasteiger partial charge in [-0.25, -0.2) is 4.79 Å². The molecular weight excluding hydrogens is 304 g/mol. The van der Waals surface area contributed by atoms with Crippen molar-refractivity contribution in [3.05, 3.63) is 0 Å². The van der Waals surface area contributed by atoms with Crippen LogP contribution in [-0.2, 0) is 4.79 Å². The van der Waals surface area contributed by atoms with Crippen molar-refractivity contribution in [2.45, 2.75) is 39.7 Å². The molecule has 1 unspecified atom stereocenters. The highest BCUT2D eigenvalue weighted by Crippen LogP contribution is 2.18. The van der Waals surface area contributed by atoms with Crippen LogP contribution in [-0.4, -0.2) is 67.6 Å². The molecule has 0 aromatic rings. The zero-order valence-electron chi connectivity index (χ0n) is 14.2. The number of carbonyl (C=O) groups is 2. The Kier molecular flexibility index (Phi) is 10.2. The molecule has 2 N–H and O–H groups in total. The molecule has 0 radical (unpaired) electrons. The largest absolute Gasteiger partial charge is 0.354 e. The lowest BCUT2D eigenvalue weighted by Gasteiger charge is -2.34. The number of piperidine rings is 1. The highest BCUT2D eigenvalue weighted by molar-refractivity contribution is 5.85. The van der Waals surface area contributed by atoms with E-state index in [1.54, 1.807) is 0 Å². The van der Waals surface area contributed by atoms with Gasteiger partial charge < -0.3 is 20.4 Å². The van der Waals surface area contributed by atoms with E-state index >= 15 is 0 Å². The van der Waals surface area contributed by atoms with Crippen molar-refractivity contribution in [2.75, 3.05) is 39.8 Å². The van der Waals surface area contributed by atoms with Crippen LogP contribution in [0.3, 0.4) is 0 Å². The third-order valence-corrected chi connectivity index (χ3v) is 4.25. The SMILES string of the molecule is CCN(CC)C(=O)N1CCC(C(=O)NCC(C)NC)CC1.Cl. The lowest BCUT2D eigenvalue weighted by atomic mass is 9.96. The van der Waals surface area contributed by atoms with E-state index in [1.165, 1.54) is 0 Å². The van der Waals surface area contributed by atoms with Gasteiger partial charge in [-0.3, -0.25) is 4.79 Å². The number of urea groups is 1. The third-order valence-electron chi connectivity index (χ3n) is 4.25. The smallest absolute Gasteiger partial charge is 0.319 e. The molecule has 0 aromatic carbocycles. The summed E-state index contributed by atoms with van der Waals surface area (Å²) in [4.78, 5) is 28.0. The van der Waals surface area contributed by atoms with E-state index in [4.69, 9.17) is 0 Å². The van der Waals surface area contributed by atoms with Crippen molar-refractivity contribution >= 4 is 24.3 Å². The molecule has 1 aliphatic rings. The van der Waals surface area contributed by atoms with Gasteiger partial charge in [-0.05, 0) is 40.7 Å². The number of carbonyl (C=O) groups excluding carboxylic acids is 2. The van der Waals surface area contributed by atoms with Crippen molar-refractivity contribution in [3.63, 3.8) is 0 Å². The van der Waals surface area contributed by atoms with Crippen molar-refractivity contribution in [1.82, 2.24) is 20.4 Å². The van der Waals surface area contributed by atoms with E-state index in [-0.39, 0.29) is 36.3 Å². The number of hydrogen-bond donors (Lipinski definition) is 2. The normalized spacial score (nSPS) is 16.6. The Labute approximate surface area is 140 Å². The molecule has 1 aliphatic heterocycles. The number of likely N-dealkylation sites (N-methyl/N-ethyl adjacent to an activating group) is 1. The van der Waals surface area contributed by atoms with Crippen LogP contribution in [0.25, 0.3) is 0 Å². The van der Waals surface area contributed by atoms with Crippen LogP contribution < -0.4 is 10.6 Å². The fourth-order valence-electron chi connectivity index (χ4n) is 2.53. The maximum Gasteiger partial charge on any atom is 0.319 e. The third kappa shape index (κ3) is 6.01. The summed E-state index contributed by atoms with van der Waals surface area (Å²) in [6.07, 6.45) is 1.51. The van der Waals surface area contributed by atoms with Gasteiger partial charge in [0.25, 0.3) is 0 Å². The van der Waals surface area contributed by atoms with E-state index in [0.29, 0.717) is 19.6 Å². The standard InChI is InChI=1S/C15H30N4O2.ClH/c1-5-18(6-2)15(21)19-9-7-13(8-10-19)14(20)17-11-12(3)16-4;/h12-13,16H,5-11H2,1-4H3,(H,17,20);1H. The summed E-state index contributed by atoms with van der Waals surface area (Å²) >= 11 is 0. The number of hydrogen-bond acceptors (Lipinski definition) is 3. The second-order valence-electron chi connectivity index (χ2n) is 5.65. The minimum Gasteiger partial charge on any atom is -0.354 e. The molecule has 1 rings (SSSR count). The van der Waals surface area contributed by atoms with Gasteiger partial charge >= 0.3 is 6.03 Å². The summed E-state index contributed by atoms with van der Waals surface area (Å²) in [7, 11) is 1.88. The molecule has 7 heteroatoms. The molecule has 1 fully saturated rings. The van der Waals surface area contributed by atoms with Gasteiger partial charge in [0.15, 0.2) is 0 Å². The molecule has 0 bridgehead atoms. The highest BCUT2D eigenvalue weighted by atomic mass is 35.5. The Bertz CT molecular complexity index is 342. The summed E-state index contributed by atoms with van der Waals surface area (Å²) in [5, 5.41) is 6.07. The molecule has 0 spiro atoms. The molecule has 130 valence electrons. The molecular formula is C15H31ClN4O2. The van der Waals surface area contributed by atoms with E-state index in [2.05, 4.69) is 10.6 Å². The topological polar surface area (TPSA) is 64.7 Å². The Morgan fingerprint density at radius 1 is 1.23 bits per heavy atom. The first-order chi connectivity index (χ1) is 10.0. The first kappa shape index (κ1) is 21.0. The molecule has 0 aromatic heterocycles. The van der Waals surface area contributed by atoms with Crippen molar-refractivity contribution in [3.8, 4) is 0 Å². The first-order valence-corrected chi connectivity index (χ1v) is 8.02. The average molecular weight is 335 g/mol. The maximum atomic E-state index is 12.2. The van der Waals surface area contributed by atoms with Crippen LogP contribution in [0.2, 0.25) is 0 Å². The average Bonchev–Trinajstić information content (AvgIpc) is 2.53. The zero-order chi connectivity index (χ0) is 15.8. The molecule has 6 nitrogen and oxygen atoms in total. The van der Waals surface area contributed by atoms with Gasteiger partial charge in [-0.2, -0.15) is 0 Å². The van der Waals surface area contributed by atoms with Crippen molar-refractivity contribution in [2.24, 2.45) is 5.92 Å². The highest BCUT2D eigenvalue weighted by Gasteiger charge is 2.28. The van der Waals surface area contributed by atoms with E-state index in [0.717, 1.165) is 25.9 Å². The van der Waals surface area contributed by atoms with Crippen LogP contribution >= 0.6 is 12.4 Å². The number of halogens is 1. The fourth-order valence-corrected chi connectivity index (χ4v) is 2.53. The van der Waals surface area contributed by atoms with Crippen LogP contribution in [0.4, 0.5) is 4.79 Å². The Morgan fingerprint density at radius 3 is 2.23 bits per heavy atom. The second-order valence-corrected chi connectivity index (χ2v) is 5.65. The maximum absolute atomic E-state index is 12.2. The van der Waals surface area contributed by atoms with Gasteiger partial charge in [0.05, 0.1) is 0 Å². The summed E-state index contributed by atoms with van der Waals surface area (Å²) in [5.74, 6) is 0.154. The number of likely N-dealkylation sites (tertiary alicyclic amines) is 1. The predicted molar refractivity (Wildman–Crippen MR) is 91.4 cm³/mol. The summed E-state index contributed by atoms with van der Waals surface area (Å²) < 4.78 is 0. The fraction of sp³-hybridized carbons (Fsp3) is 0.867. The Morgan fingerprint density at radius 2 is 1.77 bits per heavy atom. The van der Waals surface area contributed by atoms with Crippen LogP contribution in [0.5, 0.6) is 0 Å². The van der Waals surface area contributed by atoms with Crippen LogP contribution in [0.15, 0.2) is 0 Å². The lowest BCUT2D eigenvalue weighted by molar-refractivity contribution is -0.126. The number of nitrogens with one attached hydrogen (secondary N) is 2. The second kappa shape index (κ2) is 10.7. The molecule has 3 amide bonds. The van der Waals surface area contributed by atoms with Crippen LogP contribution in [0, 0.1) is 5.92 Å². The van der Waals surface area contributed by atoms with Crippen molar-refractivity contribution in [1.29, 1.82) is 0 Å². The van der Waals surface area contributed by atoms with Gasteiger partial charge in [0.1, 0.15) is 0 Å². The summed E-state index contributed by atoms with van der Waals surface area (Å²) in [6, 6.07) is 0.376. The van der Waals surface area contributed by atoms with E-state index in [9.17, 15) is 9.59 Å². The Hall–Kier alpha value is -1.01.